The van der Waals surface area contributed by atoms with Crippen molar-refractivity contribution in [2.45, 2.75) is 9.92 Å². The number of sulfone groups is 1. The standard InChI is InChI=1S/C20H15ClN2O5S/c1-27-17-7-3-15(4-8-17)20(24)28-23-13-14-2-11-19(22-12-14)29(25,26)18-9-5-16(21)6-10-18/h2-13H,1H3/b23-13+. The first-order chi connectivity index (χ1) is 13.9. The van der Waals surface area contributed by atoms with Gasteiger partial charge in [0.05, 0.1) is 23.8 Å². The molecule has 0 atom stereocenters. The van der Waals surface area contributed by atoms with Gasteiger partial charge in [0.25, 0.3) is 0 Å². The Labute approximate surface area is 172 Å². The molecule has 9 heteroatoms. The minimum absolute atomic E-state index is 0.0873. The van der Waals surface area contributed by atoms with E-state index >= 15 is 0 Å². The van der Waals surface area contributed by atoms with Crippen LogP contribution in [0.5, 0.6) is 5.75 Å². The summed E-state index contributed by atoms with van der Waals surface area (Å²) in [5, 5.41) is 3.93. The molecule has 1 heterocycles. The third-order valence-electron chi connectivity index (χ3n) is 3.82. The first-order valence-electron chi connectivity index (χ1n) is 8.25. The molecule has 0 aliphatic heterocycles. The van der Waals surface area contributed by atoms with Crippen LogP contribution in [-0.4, -0.2) is 32.7 Å². The van der Waals surface area contributed by atoms with Gasteiger partial charge in [-0.1, -0.05) is 16.8 Å². The van der Waals surface area contributed by atoms with Crippen molar-refractivity contribution in [2.24, 2.45) is 5.16 Å². The summed E-state index contributed by atoms with van der Waals surface area (Å²) >= 11 is 5.79. The Hall–Kier alpha value is -3.23. The van der Waals surface area contributed by atoms with E-state index in [0.717, 1.165) is 0 Å². The lowest BCUT2D eigenvalue weighted by Crippen LogP contribution is -2.05. The van der Waals surface area contributed by atoms with E-state index in [1.807, 2.05) is 0 Å². The fourth-order valence-corrected chi connectivity index (χ4v) is 3.58. The summed E-state index contributed by atoms with van der Waals surface area (Å²) in [6.07, 6.45) is 2.57. The topological polar surface area (TPSA) is 94.9 Å². The van der Waals surface area contributed by atoms with E-state index in [2.05, 4.69) is 10.1 Å². The van der Waals surface area contributed by atoms with Crippen LogP contribution in [0.15, 0.2) is 81.9 Å². The van der Waals surface area contributed by atoms with E-state index in [4.69, 9.17) is 21.2 Å². The van der Waals surface area contributed by atoms with Crippen molar-refractivity contribution in [2.75, 3.05) is 7.11 Å². The van der Waals surface area contributed by atoms with Gasteiger partial charge < -0.3 is 9.57 Å². The largest absolute Gasteiger partial charge is 0.497 e. The fourth-order valence-electron chi connectivity index (χ4n) is 2.28. The van der Waals surface area contributed by atoms with Gasteiger partial charge in [0.1, 0.15) is 5.75 Å². The van der Waals surface area contributed by atoms with E-state index < -0.39 is 15.8 Å². The number of carbonyl (C=O) groups excluding carboxylic acids is 1. The van der Waals surface area contributed by atoms with Gasteiger partial charge in [0.2, 0.25) is 9.84 Å². The van der Waals surface area contributed by atoms with Crippen LogP contribution in [0.3, 0.4) is 0 Å². The maximum atomic E-state index is 12.5. The molecule has 7 nitrogen and oxygen atoms in total. The molecular formula is C20H15ClN2O5S. The van der Waals surface area contributed by atoms with Crippen molar-refractivity contribution in [3.63, 3.8) is 0 Å². The molecule has 0 saturated heterocycles. The average Bonchev–Trinajstić information content (AvgIpc) is 2.74. The number of ether oxygens (including phenoxy) is 1. The number of nitrogens with zero attached hydrogens (tertiary/aromatic N) is 2. The number of benzene rings is 2. The monoisotopic (exact) mass is 430 g/mol. The smallest absolute Gasteiger partial charge is 0.365 e. The number of pyridine rings is 1. The van der Waals surface area contributed by atoms with E-state index in [1.165, 1.54) is 55.9 Å². The molecule has 0 spiro atoms. The molecule has 0 amide bonds. The Morgan fingerprint density at radius 2 is 1.72 bits per heavy atom. The van der Waals surface area contributed by atoms with Crippen LogP contribution in [0.1, 0.15) is 15.9 Å². The predicted octanol–water partition coefficient (Wildman–Crippen LogP) is 3.77. The molecule has 148 valence electrons. The number of hydrogen-bond acceptors (Lipinski definition) is 7. The number of aromatic nitrogens is 1. The molecule has 0 radical (unpaired) electrons. The van der Waals surface area contributed by atoms with Crippen LogP contribution in [0.4, 0.5) is 0 Å². The highest BCUT2D eigenvalue weighted by Crippen LogP contribution is 2.21. The molecule has 0 unspecified atom stereocenters. The summed E-state index contributed by atoms with van der Waals surface area (Å²) in [4.78, 5) is 20.8. The Kier molecular flexibility index (Phi) is 6.26. The number of hydrogen-bond donors (Lipinski definition) is 0. The van der Waals surface area contributed by atoms with Gasteiger partial charge in [-0.05, 0) is 60.7 Å². The molecular weight excluding hydrogens is 416 g/mol. The van der Waals surface area contributed by atoms with Gasteiger partial charge in [-0.15, -0.1) is 0 Å². The normalized spacial score (nSPS) is 11.4. The fraction of sp³-hybridized carbons (Fsp3) is 0.0500. The molecule has 3 aromatic rings. The van der Waals surface area contributed by atoms with Gasteiger partial charge in [0, 0.05) is 16.8 Å². The summed E-state index contributed by atoms with van der Waals surface area (Å²) < 4.78 is 30.1. The Morgan fingerprint density at radius 1 is 1.03 bits per heavy atom. The van der Waals surface area contributed by atoms with Crippen molar-refractivity contribution in [1.29, 1.82) is 0 Å². The number of methoxy groups -OCH3 is 1. The second-order valence-electron chi connectivity index (χ2n) is 5.73. The number of halogens is 1. The first-order valence-corrected chi connectivity index (χ1v) is 10.1. The van der Waals surface area contributed by atoms with Crippen molar-refractivity contribution < 1.29 is 22.8 Å². The van der Waals surface area contributed by atoms with Gasteiger partial charge in [-0.25, -0.2) is 18.2 Å². The van der Waals surface area contributed by atoms with Crippen LogP contribution in [0.2, 0.25) is 5.02 Å². The van der Waals surface area contributed by atoms with Crippen molar-refractivity contribution >= 4 is 33.6 Å². The summed E-state index contributed by atoms with van der Waals surface area (Å²) in [6.45, 7) is 0. The SMILES string of the molecule is COc1ccc(C(=O)O/N=C/c2ccc(S(=O)(=O)c3ccc(Cl)cc3)nc2)cc1. The molecule has 0 bridgehead atoms. The summed E-state index contributed by atoms with van der Waals surface area (Å²) in [5.41, 5.74) is 0.771. The quantitative estimate of drug-likeness (QED) is 0.335. The van der Waals surface area contributed by atoms with Gasteiger partial charge >= 0.3 is 5.97 Å². The van der Waals surface area contributed by atoms with E-state index in [1.54, 1.807) is 24.3 Å². The molecule has 1 aromatic heterocycles. The Morgan fingerprint density at radius 3 is 2.31 bits per heavy atom. The molecule has 3 rings (SSSR count). The molecule has 0 N–H and O–H groups in total. The van der Waals surface area contributed by atoms with E-state index in [0.29, 0.717) is 21.9 Å². The Bertz CT molecular complexity index is 1130. The first kappa shape index (κ1) is 20.5. The second-order valence-corrected chi connectivity index (χ2v) is 8.06. The molecule has 2 aromatic carbocycles. The van der Waals surface area contributed by atoms with Crippen LogP contribution in [0, 0.1) is 0 Å². The van der Waals surface area contributed by atoms with Crippen LogP contribution < -0.4 is 4.74 Å². The van der Waals surface area contributed by atoms with E-state index in [-0.39, 0.29) is 9.92 Å². The van der Waals surface area contributed by atoms with Crippen molar-refractivity contribution in [3.05, 3.63) is 83.0 Å². The number of carbonyl (C=O) groups is 1. The third kappa shape index (κ3) is 4.98. The Balaban J connectivity index is 1.66. The lowest BCUT2D eigenvalue weighted by atomic mass is 10.2. The highest BCUT2D eigenvalue weighted by Gasteiger charge is 2.18. The van der Waals surface area contributed by atoms with Gasteiger partial charge in [-0.3, -0.25) is 0 Å². The highest BCUT2D eigenvalue weighted by molar-refractivity contribution is 7.91. The average molecular weight is 431 g/mol. The summed E-state index contributed by atoms with van der Waals surface area (Å²) in [7, 11) is -2.23. The maximum absolute atomic E-state index is 12.5. The van der Waals surface area contributed by atoms with E-state index in [9.17, 15) is 13.2 Å². The molecule has 29 heavy (non-hydrogen) atoms. The zero-order valence-corrected chi connectivity index (χ0v) is 16.7. The summed E-state index contributed by atoms with van der Waals surface area (Å²) in [5.74, 6) is -0.0245. The lowest BCUT2D eigenvalue weighted by molar-refractivity contribution is 0.0519. The minimum Gasteiger partial charge on any atom is -0.497 e. The summed E-state index contributed by atoms with van der Waals surface area (Å²) in [6, 6.07) is 15.0. The molecule has 0 saturated carbocycles. The molecule has 0 aliphatic rings. The maximum Gasteiger partial charge on any atom is 0.365 e. The third-order valence-corrected chi connectivity index (χ3v) is 5.76. The van der Waals surface area contributed by atoms with Crippen LogP contribution in [-0.2, 0) is 14.7 Å². The van der Waals surface area contributed by atoms with Crippen molar-refractivity contribution in [3.8, 4) is 5.75 Å². The zero-order chi connectivity index (χ0) is 20.9. The van der Waals surface area contributed by atoms with Gasteiger partial charge in [-0.2, -0.15) is 0 Å². The number of rotatable bonds is 6. The van der Waals surface area contributed by atoms with Crippen molar-refractivity contribution in [1.82, 2.24) is 4.98 Å². The predicted molar refractivity (Wildman–Crippen MR) is 107 cm³/mol. The zero-order valence-electron chi connectivity index (χ0n) is 15.2. The molecule has 0 fully saturated rings. The number of oxime groups is 1. The highest BCUT2D eigenvalue weighted by atomic mass is 35.5. The molecule has 0 aliphatic carbocycles. The minimum atomic E-state index is -3.76. The second kappa shape index (κ2) is 8.85. The lowest BCUT2D eigenvalue weighted by Gasteiger charge is -2.04. The van der Waals surface area contributed by atoms with Gasteiger partial charge in [0.15, 0.2) is 5.03 Å². The van der Waals surface area contributed by atoms with Crippen LogP contribution >= 0.6 is 11.6 Å². The van der Waals surface area contributed by atoms with Crippen LogP contribution in [0.25, 0.3) is 0 Å².